The Morgan fingerprint density at radius 2 is 1.68 bits per heavy atom. The molecule has 1 amide bonds. The van der Waals surface area contributed by atoms with Gasteiger partial charge in [0.15, 0.2) is 0 Å². The molecule has 0 aromatic heterocycles. The van der Waals surface area contributed by atoms with Crippen LogP contribution in [0.3, 0.4) is 0 Å². The molecule has 0 spiro atoms. The summed E-state index contributed by atoms with van der Waals surface area (Å²) >= 11 is 0. The normalized spacial score (nSPS) is 15.3. The Hall–Kier alpha value is -2.71. The fraction of sp³-hybridized carbons (Fsp3) is 0.474. The van der Waals surface area contributed by atoms with Crippen molar-refractivity contribution in [2.75, 3.05) is 20.2 Å². The van der Waals surface area contributed by atoms with Gasteiger partial charge in [-0.3, -0.25) is 0 Å². The summed E-state index contributed by atoms with van der Waals surface area (Å²) in [4.78, 5) is 25.9. The number of nitrogens with zero attached hydrogens (tertiary/aromatic N) is 1. The number of benzene rings is 1. The van der Waals surface area contributed by atoms with Gasteiger partial charge in [-0.25, -0.2) is 9.59 Å². The average molecular weight is 401 g/mol. The SMILES string of the molecule is COC(=O)C1=C(c2ccc(OC(F)(F)F)cc2)CCN(C(=O)OC(C)(C)C)C1. The first kappa shape index (κ1) is 21.6. The third-order valence-electron chi connectivity index (χ3n) is 3.86. The number of alkyl halides is 3. The summed E-state index contributed by atoms with van der Waals surface area (Å²) in [7, 11) is 1.22. The van der Waals surface area contributed by atoms with E-state index in [9.17, 15) is 22.8 Å². The average Bonchev–Trinajstić information content (AvgIpc) is 2.58. The van der Waals surface area contributed by atoms with E-state index in [0.717, 1.165) is 0 Å². The second-order valence-electron chi connectivity index (χ2n) is 7.17. The van der Waals surface area contributed by atoms with Crippen molar-refractivity contribution in [2.45, 2.75) is 39.2 Å². The first-order valence-corrected chi connectivity index (χ1v) is 8.54. The number of rotatable bonds is 3. The van der Waals surface area contributed by atoms with Gasteiger partial charge in [0.25, 0.3) is 0 Å². The maximum atomic E-state index is 12.3. The zero-order valence-electron chi connectivity index (χ0n) is 16.1. The lowest BCUT2D eigenvalue weighted by atomic mass is 9.93. The minimum Gasteiger partial charge on any atom is -0.466 e. The number of carbonyl (C=O) groups excluding carboxylic acids is 2. The van der Waals surface area contributed by atoms with Gasteiger partial charge in [-0.05, 0) is 50.5 Å². The van der Waals surface area contributed by atoms with Crippen molar-refractivity contribution < 1.29 is 37.0 Å². The van der Waals surface area contributed by atoms with Gasteiger partial charge in [0.05, 0.1) is 19.2 Å². The Balaban J connectivity index is 2.28. The first-order valence-electron chi connectivity index (χ1n) is 8.54. The number of hydrogen-bond acceptors (Lipinski definition) is 5. The molecule has 1 aliphatic heterocycles. The van der Waals surface area contributed by atoms with Crippen LogP contribution in [-0.2, 0) is 14.3 Å². The van der Waals surface area contributed by atoms with E-state index in [-0.39, 0.29) is 17.9 Å². The highest BCUT2D eigenvalue weighted by molar-refractivity contribution is 5.99. The van der Waals surface area contributed by atoms with Gasteiger partial charge in [0.1, 0.15) is 11.4 Å². The van der Waals surface area contributed by atoms with Crippen LogP contribution in [0.2, 0.25) is 0 Å². The fourth-order valence-electron chi connectivity index (χ4n) is 2.73. The van der Waals surface area contributed by atoms with Crippen LogP contribution in [0.15, 0.2) is 29.8 Å². The summed E-state index contributed by atoms with van der Waals surface area (Å²) in [6, 6.07) is 5.21. The number of hydrogen-bond donors (Lipinski definition) is 0. The predicted molar refractivity (Wildman–Crippen MR) is 94.5 cm³/mol. The molecule has 1 aliphatic rings. The maximum Gasteiger partial charge on any atom is 0.573 e. The molecule has 0 N–H and O–H groups in total. The van der Waals surface area contributed by atoms with Crippen molar-refractivity contribution in [3.63, 3.8) is 0 Å². The van der Waals surface area contributed by atoms with Gasteiger partial charge in [0, 0.05) is 6.54 Å². The van der Waals surface area contributed by atoms with E-state index in [0.29, 0.717) is 24.1 Å². The van der Waals surface area contributed by atoms with Gasteiger partial charge in [0.2, 0.25) is 0 Å². The van der Waals surface area contributed by atoms with Gasteiger partial charge in [-0.15, -0.1) is 13.2 Å². The Morgan fingerprint density at radius 3 is 2.18 bits per heavy atom. The molecule has 154 valence electrons. The van der Waals surface area contributed by atoms with Crippen molar-refractivity contribution >= 4 is 17.6 Å². The van der Waals surface area contributed by atoms with Crippen LogP contribution in [0.25, 0.3) is 5.57 Å². The fourth-order valence-corrected chi connectivity index (χ4v) is 2.73. The van der Waals surface area contributed by atoms with Gasteiger partial charge >= 0.3 is 18.4 Å². The summed E-state index contributed by atoms with van der Waals surface area (Å²) in [5.74, 6) is -0.971. The van der Waals surface area contributed by atoms with E-state index in [1.54, 1.807) is 20.8 Å². The van der Waals surface area contributed by atoms with Gasteiger partial charge in [-0.2, -0.15) is 0 Å². The molecule has 28 heavy (non-hydrogen) atoms. The Kier molecular flexibility index (Phi) is 6.26. The van der Waals surface area contributed by atoms with Crippen LogP contribution in [0.1, 0.15) is 32.8 Å². The molecule has 0 unspecified atom stereocenters. The molecule has 0 atom stereocenters. The van der Waals surface area contributed by atoms with Crippen molar-refractivity contribution in [3.05, 3.63) is 35.4 Å². The minimum atomic E-state index is -4.78. The van der Waals surface area contributed by atoms with Crippen LogP contribution in [-0.4, -0.2) is 49.1 Å². The zero-order chi connectivity index (χ0) is 21.1. The number of ether oxygens (including phenoxy) is 3. The third kappa shape index (κ3) is 5.90. The van der Waals surface area contributed by atoms with Crippen molar-refractivity contribution in [1.82, 2.24) is 4.90 Å². The quantitative estimate of drug-likeness (QED) is 0.712. The Labute approximate surface area is 160 Å². The van der Waals surface area contributed by atoms with Crippen molar-refractivity contribution in [1.29, 1.82) is 0 Å². The summed E-state index contributed by atoms with van der Waals surface area (Å²) in [6.07, 6.45) is -5.01. The van der Waals surface area contributed by atoms with E-state index in [1.165, 1.54) is 36.3 Å². The molecule has 0 aliphatic carbocycles. The van der Waals surface area contributed by atoms with Gasteiger partial charge < -0.3 is 19.1 Å². The topological polar surface area (TPSA) is 65.1 Å². The van der Waals surface area contributed by atoms with Crippen LogP contribution in [0.4, 0.5) is 18.0 Å². The summed E-state index contributed by atoms with van der Waals surface area (Å²) in [6.45, 7) is 5.50. The molecule has 0 bridgehead atoms. The molecule has 1 heterocycles. The van der Waals surface area contributed by atoms with Gasteiger partial charge in [-0.1, -0.05) is 12.1 Å². The minimum absolute atomic E-state index is 0.0161. The molecule has 0 saturated heterocycles. The number of methoxy groups -OCH3 is 1. The monoisotopic (exact) mass is 401 g/mol. The second-order valence-corrected chi connectivity index (χ2v) is 7.17. The predicted octanol–water partition coefficient (Wildman–Crippen LogP) is 4.15. The van der Waals surface area contributed by atoms with E-state index in [2.05, 4.69) is 4.74 Å². The van der Waals surface area contributed by atoms with Crippen molar-refractivity contribution in [2.24, 2.45) is 0 Å². The molecule has 2 rings (SSSR count). The maximum absolute atomic E-state index is 12.3. The molecule has 1 aromatic rings. The molecular weight excluding hydrogens is 379 g/mol. The standard InChI is InChI=1S/C19H22F3NO5/c1-18(2,3)28-17(25)23-10-9-14(15(11-23)16(24)26-4)12-5-7-13(8-6-12)27-19(20,21)22/h5-8H,9-11H2,1-4H3. The van der Waals surface area contributed by atoms with Crippen molar-refractivity contribution in [3.8, 4) is 5.75 Å². The molecule has 9 heteroatoms. The van der Waals surface area contributed by atoms with E-state index < -0.39 is 24.0 Å². The zero-order valence-corrected chi connectivity index (χ0v) is 16.1. The number of halogens is 3. The van der Waals surface area contributed by atoms with Crippen LogP contribution in [0.5, 0.6) is 5.75 Å². The summed E-state index contributed by atoms with van der Waals surface area (Å²) < 4.78 is 50.9. The van der Waals surface area contributed by atoms with E-state index in [4.69, 9.17) is 9.47 Å². The third-order valence-corrected chi connectivity index (χ3v) is 3.86. The molecular formula is C19H22F3NO5. The van der Waals surface area contributed by atoms with Crippen LogP contribution >= 0.6 is 0 Å². The second kappa shape index (κ2) is 8.12. The lowest BCUT2D eigenvalue weighted by Gasteiger charge is -2.32. The van der Waals surface area contributed by atoms with Crippen LogP contribution in [0, 0.1) is 0 Å². The van der Waals surface area contributed by atoms with E-state index >= 15 is 0 Å². The largest absolute Gasteiger partial charge is 0.573 e. The highest BCUT2D eigenvalue weighted by Gasteiger charge is 2.32. The first-order chi connectivity index (χ1) is 12.9. The highest BCUT2D eigenvalue weighted by Crippen LogP contribution is 2.31. The molecule has 0 radical (unpaired) electrons. The van der Waals surface area contributed by atoms with Crippen LogP contribution < -0.4 is 4.74 Å². The Morgan fingerprint density at radius 1 is 1.07 bits per heavy atom. The number of carbonyl (C=O) groups is 2. The lowest BCUT2D eigenvalue weighted by molar-refractivity contribution is -0.274. The number of esters is 1. The highest BCUT2D eigenvalue weighted by atomic mass is 19.4. The molecule has 1 aromatic carbocycles. The molecule has 6 nitrogen and oxygen atoms in total. The Bertz CT molecular complexity index is 763. The summed E-state index contributed by atoms with van der Waals surface area (Å²) in [5, 5.41) is 0. The molecule has 0 saturated carbocycles. The van der Waals surface area contributed by atoms with E-state index in [1.807, 2.05) is 0 Å². The molecule has 0 fully saturated rings. The lowest BCUT2D eigenvalue weighted by Crippen LogP contribution is -2.41. The number of amides is 1. The smallest absolute Gasteiger partial charge is 0.466 e. The summed E-state index contributed by atoms with van der Waals surface area (Å²) in [5.41, 5.74) is 0.731.